The highest BCUT2D eigenvalue weighted by atomic mass is 16.5. The predicted octanol–water partition coefficient (Wildman–Crippen LogP) is 0.0366. The molecule has 0 spiro atoms. The standard InChI is InChI=1S/C6H9N3O/c7-6-1-2-8-9(6)5-3-10-4-5/h1-2,5H,3-4,7H2. The molecule has 0 saturated carbocycles. The van der Waals surface area contributed by atoms with Gasteiger partial charge in [-0.25, -0.2) is 4.68 Å². The Labute approximate surface area is 58.6 Å². The van der Waals surface area contributed by atoms with E-state index >= 15 is 0 Å². The number of aromatic nitrogens is 2. The van der Waals surface area contributed by atoms with Gasteiger partial charge >= 0.3 is 0 Å². The number of ether oxygens (including phenoxy) is 1. The van der Waals surface area contributed by atoms with Gasteiger partial charge in [0.1, 0.15) is 11.9 Å². The summed E-state index contributed by atoms with van der Waals surface area (Å²) in [5.74, 6) is 0.716. The summed E-state index contributed by atoms with van der Waals surface area (Å²) in [6, 6.07) is 2.16. The summed E-state index contributed by atoms with van der Waals surface area (Å²) in [4.78, 5) is 0. The molecule has 0 unspecified atom stereocenters. The molecule has 54 valence electrons. The maximum Gasteiger partial charge on any atom is 0.122 e. The van der Waals surface area contributed by atoms with Gasteiger partial charge in [-0.1, -0.05) is 0 Å². The van der Waals surface area contributed by atoms with Crippen LogP contribution >= 0.6 is 0 Å². The number of hydrogen-bond acceptors (Lipinski definition) is 3. The maximum absolute atomic E-state index is 5.60. The van der Waals surface area contributed by atoms with Crippen LogP contribution in [0.15, 0.2) is 12.3 Å². The molecule has 0 radical (unpaired) electrons. The quantitative estimate of drug-likeness (QED) is 0.597. The first-order chi connectivity index (χ1) is 4.88. The summed E-state index contributed by atoms with van der Waals surface area (Å²) >= 11 is 0. The van der Waals surface area contributed by atoms with Crippen LogP contribution in [0.2, 0.25) is 0 Å². The highest BCUT2D eigenvalue weighted by molar-refractivity contribution is 5.26. The van der Waals surface area contributed by atoms with Gasteiger partial charge in [-0.2, -0.15) is 5.10 Å². The molecule has 1 aromatic rings. The van der Waals surface area contributed by atoms with Gasteiger partial charge < -0.3 is 10.5 Å². The van der Waals surface area contributed by atoms with Gasteiger partial charge in [-0.05, 0) is 6.07 Å². The highest BCUT2D eigenvalue weighted by Crippen LogP contribution is 2.18. The van der Waals surface area contributed by atoms with Gasteiger partial charge in [0.15, 0.2) is 0 Å². The van der Waals surface area contributed by atoms with Crippen molar-refractivity contribution in [1.29, 1.82) is 0 Å². The Hall–Kier alpha value is -1.03. The lowest BCUT2D eigenvalue weighted by Gasteiger charge is -2.26. The Balaban J connectivity index is 2.23. The van der Waals surface area contributed by atoms with E-state index in [4.69, 9.17) is 10.5 Å². The summed E-state index contributed by atoms with van der Waals surface area (Å²) < 4.78 is 6.79. The fourth-order valence-corrected chi connectivity index (χ4v) is 0.994. The molecule has 0 amide bonds. The molecular formula is C6H9N3O. The topological polar surface area (TPSA) is 53.1 Å². The number of anilines is 1. The van der Waals surface area contributed by atoms with E-state index in [1.807, 2.05) is 0 Å². The molecule has 1 saturated heterocycles. The summed E-state index contributed by atoms with van der Waals surface area (Å²) in [6.45, 7) is 1.48. The first kappa shape index (κ1) is 5.73. The third-order valence-corrected chi connectivity index (χ3v) is 1.67. The Kier molecular flexibility index (Phi) is 1.14. The monoisotopic (exact) mass is 139 g/mol. The summed E-state index contributed by atoms with van der Waals surface area (Å²) in [5, 5.41) is 4.05. The average molecular weight is 139 g/mol. The molecule has 4 heteroatoms. The van der Waals surface area contributed by atoms with E-state index in [9.17, 15) is 0 Å². The van der Waals surface area contributed by atoms with Gasteiger partial charge in [0.2, 0.25) is 0 Å². The smallest absolute Gasteiger partial charge is 0.122 e. The molecule has 10 heavy (non-hydrogen) atoms. The van der Waals surface area contributed by atoms with Crippen molar-refractivity contribution in [3.05, 3.63) is 12.3 Å². The zero-order valence-corrected chi connectivity index (χ0v) is 5.53. The van der Waals surface area contributed by atoms with Crippen molar-refractivity contribution in [1.82, 2.24) is 9.78 Å². The van der Waals surface area contributed by atoms with Gasteiger partial charge in [0.05, 0.1) is 19.4 Å². The second-order valence-electron chi connectivity index (χ2n) is 2.39. The molecule has 0 aromatic carbocycles. The first-order valence-electron chi connectivity index (χ1n) is 3.24. The zero-order valence-electron chi connectivity index (χ0n) is 5.53. The van der Waals surface area contributed by atoms with Gasteiger partial charge in [0.25, 0.3) is 0 Å². The van der Waals surface area contributed by atoms with Crippen molar-refractivity contribution in [2.24, 2.45) is 0 Å². The number of hydrogen-bond donors (Lipinski definition) is 1. The van der Waals surface area contributed by atoms with Gasteiger partial charge in [-0.3, -0.25) is 0 Å². The fraction of sp³-hybridized carbons (Fsp3) is 0.500. The van der Waals surface area contributed by atoms with Crippen molar-refractivity contribution in [3.8, 4) is 0 Å². The Morgan fingerprint density at radius 3 is 2.90 bits per heavy atom. The second kappa shape index (κ2) is 1.98. The molecule has 0 bridgehead atoms. The van der Waals surface area contributed by atoms with E-state index in [1.165, 1.54) is 0 Å². The van der Waals surface area contributed by atoms with Crippen LogP contribution in [0.25, 0.3) is 0 Å². The van der Waals surface area contributed by atoms with Crippen LogP contribution in [-0.2, 0) is 4.74 Å². The van der Waals surface area contributed by atoms with Gasteiger partial charge in [-0.15, -0.1) is 0 Å². The molecule has 2 heterocycles. The molecule has 1 aromatic heterocycles. The minimum Gasteiger partial charge on any atom is -0.384 e. The molecule has 0 aliphatic carbocycles. The molecule has 2 N–H and O–H groups in total. The van der Waals surface area contributed by atoms with E-state index in [0.29, 0.717) is 11.9 Å². The Morgan fingerprint density at radius 1 is 1.70 bits per heavy atom. The predicted molar refractivity (Wildman–Crippen MR) is 36.5 cm³/mol. The third-order valence-electron chi connectivity index (χ3n) is 1.67. The molecule has 1 aliphatic heterocycles. The largest absolute Gasteiger partial charge is 0.384 e. The molecule has 4 nitrogen and oxygen atoms in total. The maximum atomic E-state index is 5.60. The fourth-order valence-electron chi connectivity index (χ4n) is 0.994. The van der Waals surface area contributed by atoms with E-state index < -0.39 is 0 Å². The van der Waals surface area contributed by atoms with E-state index in [1.54, 1.807) is 16.9 Å². The van der Waals surface area contributed by atoms with E-state index in [0.717, 1.165) is 13.2 Å². The van der Waals surface area contributed by atoms with Crippen molar-refractivity contribution >= 4 is 5.82 Å². The summed E-state index contributed by atoms with van der Waals surface area (Å²) in [7, 11) is 0. The van der Waals surface area contributed by atoms with E-state index in [-0.39, 0.29) is 0 Å². The van der Waals surface area contributed by atoms with Crippen LogP contribution in [0.5, 0.6) is 0 Å². The highest BCUT2D eigenvalue weighted by Gasteiger charge is 2.21. The average Bonchev–Trinajstić information content (AvgIpc) is 2.12. The summed E-state index contributed by atoms with van der Waals surface area (Å²) in [5.41, 5.74) is 5.60. The van der Waals surface area contributed by atoms with Crippen LogP contribution in [0.3, 0.4) is 0 Å². The minimum atomic E-state index is 0.370. The lowest BCUT2D eigenvalue weighted by atomic mass is 10.3. The van der Waals surface area contributed by atoms with Gasteiger partial charge in [0, 0.05) is 0 Å². The van der Waals surface area contributed by atoms with Crippen molar-refractivity contribution in [3.63, 3.8) is 0 Å². The molecule has 1 fully saturated rings. The first-order valence-corrected chi connectivity index (χ1v) is 3.24. The Morgan fingerprint density at radius 2 is 2.50 bits per heavy atom. The minimum absolute atomic E-state index is 0.370. The lowest BCUT2D eigenvalue weighted by Crippen LogP contribution is -2.31. The second-order valence-corrected chi connectivity index (χ2v) is 2.39. The van der Waals surface area contributed by atoms with Crippen LogP contribution in [0, 0.1) is 0 Å². The Bertz CT molecular complexity index is 229. The number of nitrogens with two attached hydrogens (primary N) is 1. The number of nitrogens with zero attached hydrogens (tertiary/aromatic N) is 2. The summed E-state index contributed by atoms with van der Waals surface area (Å²) in [6.07, 6.45) is 1.70. The van der Waals surface area contributed by atoms with Crippen LogP contribution in [0.1, 0.15) is 6.04 Å². The van der Waals surface area contributed by atoms with E-state index in [2.05, 4.69) is 5.10 Å². The van der Waals surface area contributed by atoms with Crippen molar-refractivity contribution < 1.29 is 4.74 Å². The zero-order chi connectivity index (χ0) is 6.97. The molecule has 1 aliphatic rings. The van der Waals surface area contributed by atoms with Crippen molar-refractivity contribution in [2.75, 3.05) is 18.9 Å². The molecule has 0 atom stereocenters. The molecule has 2 rings (SSSR count). The van der Waals surface area contributed by atoms with Crippen LogP contribution in [0.4, 0.5) is 5.82 Å². The van der Waals surface area contributed by atoms with Crippen molar-refractivity contribution in [2.45, 2.75) is 6.04 Å². The molecular weight excluding hydrogens is 130 g/mol. The van der Waals surface area contributed by atoms with Crippen LogP contribution in [-0.4, -0.2) is 23.0 Å². The normalized spacial score (nSPS) is 18.8. The third kappa shape index (κ3) is 0.690. The lowest BCUT2D eigenvalue weighted by molar-refractivity contribution is -0.0276. The number of rotatable bonds is 1. The number of nitrogen functional groups attached to an aromatic ring is 1. The van der Waals surface area contributed by atoms with Crippen LogP contribution < -0.4 is 5.73 Å². The SMILES string of the molecule is Nc1ccnn1C1COC1.